The molecule has 12 heteroatoms. The number of nitro benzene ring substituents is 1. The van der Waals surface area contributed by atoms with Gasteiger partial charge in [-0.1, -0.05) is 23.9 Å². The molecular weight excluding hydrogens is 451 g/mol. The van der Waals surface area contributed by atoms with Gasteiger partial charge in [0.15, 0.2) is 5.16 Å². The number of hydrogen-bond acceptors (Lipinski definition) is 7. The van der Waals surface area contributed by atoms with E-state index in [0.717, 1.165) is 0 Å². The second-order valence-electron chi connectivity index (χ2n) is 6.77. The Bertz CT molecular complexity index is 1150. The lowest BCUT2D eigenvalue weighted by Crippen LogP contribution is -2.27. The van der Waals surface area contributed by atoms with Crippen molar-refractivity contribution < 1.29 is 18.9 Å². The fourth-order valence-corrected chi connectivity index (χ4v) is 3.77. The zero-order valence-electron chi connectivity index (χ0n) is 17.7. The van der Waals surface area contributed by atoms with Crippen molar-refractivity contribution in [1.82, 2.24) is 20.1 Å². The molecule has 2 N–H and O–H groups in total. The molecule has 0 saturated carbocycles. The van der Waals surface area contributed by atoms with Crippen molar-refractivity contribution in [3.8, 4) is 0 Å². The molecule has 33 heavy (non-hydrogen) atoms. The van der Waals surface area contributed by atoms with Crippen LogP contribution in [0.25, 0.3) is 0 Å². The predicted molar refractivity (Wildman–Crippen MR) is 121 cm³/mol. The fourth-order valence-electron chi connectivity index (χ4n) is 2.95. The number of non-ortho nitro benzene ring substituents is 1. The van der Waals surface area contributed by atoms with Gasteiger partial charge in [0, 0.05) is 37.3 Å². The molecule has 0 aliphatic heterocycles. The van der Waals surface area contributed by atoms with E-state index >= 15 is 0 Å². The molecule has 0 aliphatic rings. The molecule has 3 rings (SSSR count). The minimum absolute atomic E-state index is 0.0234. The third-order valence-electron chi connectivity index (χ3n) is 4.56. The molecule has 0 atom stereocenters. The maximum Gasteiger partial charge on any atom is 0.269 e. The summed E-state index contributed by atoms with van der Waals surface area (Å²) >= 11 is 1.20. The molecule has 10 nitrogen and oxygen atoms in total. The number of carbonyl (C=O) groups excluding carboxylic acids is 2. The van der Waals surface area contributed by atoms with Crippen LogP contribution in [0.3, 0.4) is 0 Å². The Labute approximate surface area is 192 Å². The van der Waals surface area contributed by atoms with Crippen LogP contribution in [0, 0.1) is 15.9 Å². The van der Waals surface area contributed by atoms with Crippen molar-refractivity contribution in [2.45, 2.75) is 25.0 Å². The van der Waals surface area contributed by atoms with E-state index in [0.29, 0.717) is 29.6 Å². The highest BCUT2D eigenvalue weighted by molar-refractivity contribution is 7.99. The summed E-state index contributed by atoms with van der Waals surface area (Å²) < 4.78 is 15.5. The van der Waals surface area contributed by atoms with Gasteiger partial charge in [-0.25, -0.2) is 4.39 Å². The molecule has 0 bridgehead atoms. The predicted octanol–water partition coefficient (Wildman–Crippen LogP) is 3.05. The van der Waals surface area contributed by atoms with Crippen LogP contribution in [0.1, 0.15) is 23.1 Å². The Morgan fingerprint density at radius 1 is 1.15 bits per heavy atom. The quantitative estimate of drug-likeness (QED) is 0.263. The number of nitrogens with zero attached hydrogens (tertiary/aromatic N) is 4. The van der Waals surface area contributed by atoms with Crippen LogP contribution >= 0.6 is 11.8 Å². The van der Waals surface area contributed by atoms with Crippen molar-refractivity contribution >= 4 is 35.0 Å². The molecule has 0 fully saturated rings. The van der Waals surface area contributed by atoms with Crippen LogP contribution in [-0.4, -0.2) is 43.8 Å². The minimum Gasteiger partial charge on any atom is -0.351 e. The van der Waals surface area contributed by atoms with Gasteiger partial charge in [0.05, 0.1) is 16.2 Å². The lowest BCUT2D eigenvalue weighted by molar-refractivity contribution is -0.384. The van der Waals surface area contributed by atoms with Crippen LogP contribution in [0.15, 0.2) is 53.7 Å². The molecule has 1 heterocycles. The molecule has 0 saturated heterocycles. The fraction of sp³-hybridized carbons (Fsp3) is 0.238. The smallest absolute Gasteiger partial charge is 0.269 e. The van der Waals surface area contributed by atoms with E-state index in [-0.39, 0.29) is 29.5 Å². The number of anilines is 1. The number of rotatable bonds is 10. The van der Waals surface area contributed by atoms with Crippen molar-refractivity contribution in [1.29, 1.82) is 0 Å². The molecule has 3 aromatic rings. The molecule has 0 radical (unpaired) electrons. The van der Waals surface area contributed by atoms with E-state index in [1.165, 1.54) is 54.2 Å². The number of halogens is 1. The molecule has 1 aromatic heterocycles. The molecule has 0 aliphatic carbocycles. The normalized spacial score (nSPS) is 10.6. The van der Waals surface area contributed by atoms with Gasteiger partial charge in [-0.05, 0) is 31.2 Å². The van der Waals surface area contributed by atoms with Gasteiger partial charge in [0.1, 0.15) is 11.6 Å². The van der Waals surface area contributed by atoms with Gasteiger partial charge < -0.3 is 15.2 Å². The molecule has 2 aromatic carbocycles. The van der Waals surface area contributed by atoms with Gasteiger partial charge >= 0.3 is 0 Å². The summed E-state index contributed by atoms with van der Waals surface area (Å²) in [5.41, 5.74) is 0.371. The van der Waals surface area contributed by atoms with Gasteiger partial charge in [-0.15, -0.1) is 10.2 Å². The second-order valence-corrected chi connectivity index (χ2v) is 7.71. The first kappa shape index (κ1) is 23.9. The van der Waals surface area contributed by atoms with E-state index in [1.54, 1.807) is 6.07 Å². The number of amides is 2. The maximum absolute atomic E-state index is 13.7. The Hall–Kier alpha value is -3.80. The average molecular weight is 473 g/mol. The Balaban J connectivity index is 1.51. The first-order valence-corrected chi connectivity index (χ1v) is 11.0. The van der Waals surface area contributed by atoms with Crippen molar-refractivity contribution in [2.75, 3.05) is 17.6 Å². The second kappa shape index (κ2) is 11.2. The zero-order chi connectivity index (χ0) is 23.8. The Kier molecular flexibility index (Phi) is 8.08. The number of nitro groups is 1. The van der Waals surface area contributed by atoms with Crippen molar-refractivity contribution in [3.63, 3.8) is 0 Å². The number of hydrogen-bond donors (Lipinski definition) is 2. The zero-order valence-corrected chi connectivity index (χ0v) is 18.5. The molecule has 2 amide bonds. The van der Waals surface area contributed by atoms with Gasteiger partial charge in [0.25, 0.3) is 11.6 Å². The van der Waals surface area contributed by atoms with Crippen LogP contribution in [0.2, 0.25) is 0 Å². The lowest BCUT2D eigenvalue weighted by atomic mass is 10.2. The number of carbonyl (C=O) groups is 2. The molecule has 172 valence electrons. The van der Waals surface area contributed by atoms with Crippen LogP contribution < -0.4 is 10.6 Å². The lowest BCUT2D eigenvalue weighted by Gasteiger charge is -2.09. The highest BCUT2D eigenvalue weighted by Crippen LogP contribution is 2.19. The van der Waals surface area contributed by atoms with Gasteiger partial charge in [-0.3, -0.25) is 19.7 Å². The number of aromatic nitrogens is 3. The van der Waals surface area contributed by atoms with Gasteiger partial charge in [-0.2, -0.15) is 0 Å². The van der Waals surface area contributed by atoms with Crippen molar-refractivity contribution in [3.05, 3.63) is 75.9 Å². The summed E-state index contributed by atoms with van der Waals surface area (Å²) in [6.07, 6.45) is 0.386. The average Bonchev–Trinajstić information content (AvgIpc) is 3.20. The van der Waals surface area contributed by atoms with Crippen LogP contribution in [-0.2, 0) is 17.8 Å². The monoisotopic (exact) mass is 472 g/mol. The summed E-state index contributed by atoms with van der Waals surface area (Å²) in [4.78, 5) is 34.5. The highest BCUT2D eigenvalue weighted by Gasteiger charge is 2.15. The first-order chi connectivity index (χ1) is 15.9. The summed E-state index contributed by atoms with van der Waals surface area (Å²) in [5, 5.41) is 24.8. The molecule has 0 spiro atoms. The summed E-state index contributed by atoms with van der Waals surface area (Å²) in [5.74, 6) is -0.688. The first-order valence-electron chi connectivity index (χ1n) is 10.0. The third-order valence-corrected chi connectivity index (χ3v) is 5.52. The maximum atomic E-state index is 13.7. The SMILES string of the molecule is CCn1c(CCNC(=O)c2ccccc2F)nnc1SCC(=O)Nc1ccc([N+](=O)[O-])cc1. The highest BCUT2D eigenvalue weighted by atomic mass is 32.2. The van der Waals surface area contributed by atoms with E-state index in [9.17, 15) is 24.1 Å². The topological polar surface area (TPSA) is 132 Å². The van der Waals surface area contributed by atoms with E-state index in [4.69, 9.17) is 0 Å². The molecule has 0 unspecified atom stereocenters. The van der Waals surface area contributed by atoms with Crippen LogP contribution in [0.4, 0.5) is 15.8 Å². The van der Waals surface area contributed by atoms with E-state index in [2.05, 4.69) is 20.8 Å². The Morgan fingerprint density at radius 2 is 1.88 bits per heavy atom. The summed E-state index contributed by atoms with van der Waals surface area (Å²) in [6.45, 7) is 2.72. The number of thioether (sulfide) groups is 1. The third kappa shape index (κ3) is 6.35. The number of benzene rings is 2. The minimum atomic E-state index is -0.586. The summed E-state index contributed by atoms with van der Waals surface area (Å²) in [7, 11) is 0. The van der Waals surface area contributed by atoms with Crippen LogP contribution in [0.5, 0.6) is 0 Å². The molecular formula is C21H21FN6O4S. The van der Waals surface area contributed by atoms with Crippen molar-refractivity contribution in [2.24, 2.45) is 0 Å². The van der Waals surface area contributed by atoms with E-state index < -0.39 is 16.6 Å². The summed E-state index contributed by atoms with van der Waals surface area (Å²) in [6, 6.07) is 11.3. The number of nitrogens with one attached hydrogen (secondary N) is 2. The van der Waals surface area contributed by atoms with Gasteiger partial charge in [0.2, 0.25) is 5.91 Å². The Morgan fingerprint density at radius 3 is 2.55 bits per heavy atom. The standard InChI is InChI=1S/C21H21FN6O4S/c1-2-27-18(11-12-23-20(30)16-5-3-4-6-17(16)22)25-26-21(27)33-13-19(29)24-14-7-9-15(10-8-14)28(31)32/h3-10H,2,11-13H2,1H3,(H,23,30)(H,24,29). The van der Waals surface area contributed by atoms with E-state index in [1.807, 2.05) is 11.5 Å². The largest absolute Gasteiger partial charge is 0.351 e.